The number of esters is 1. The van der Waals surface area contributed by atoms with Crippen LogP contribution in [0.4, 0.5) is 0 Å². The highest BCUT2D eigenvalue weighted by molar-refractivity contribution is 7.89. The van der Waals surface area contributed by atoms with Gasteiger partial charge in [0.05, 0.1) is 17.6 Å². The van der Waals surface area contributed by atoms with Gasteiger partial charge in [-0.25, -0.2) is 17.9 Å². The molecular weight excluding hydrogens is 280 g/mol. The maximum Gasteiger partial charge on any atom is 0.339 e. The van der Waals surface area contributed by atoms with Crippen molar-refractivity contribution in [3.05, 3.63) is 29.8 Å². The van der Waals surface area contributed by atoms with Gasteiger partial charge < -0.3 is 10.1 Å². The summed E-state index contributed by atoms with van der Waals surface area (Å²) in [5, 5.41) is 3.21. The molecule has 2 atom stereocenters. The number of piperidine rings is 1. The van der Waals surface area contributed by atoms with Crippen LogP contribution in [0.3, 0.4) is 0 Å². The Labute approximate surface area is 117 Å². The maximum absolute atomic E-state index is 12.4. The summed E-state index contributed by atoms with van der Waals surface area (Å²) in [5.41, 5.74) is 0.0615. The molecule has 1 aliphatic heterocycles. The van der Waals surface area contributed by atoms with Gasteiger partial charge in [0.1, 0.15) is 0 Å². The highest BCUT2D eigenvalue weighted by Crippen LogP contribution is 2.42. The summed E-state index contributed by atoms with van der Waals surface area (Å²) >= 11 is 0. The van der Waals surface area contributed by atoms with Gasteiger partial charge in [0.2, 0.25) is 10.0 Å². The van der Waals surface area contributed by atoms with E-state index in [2.05, 4.69) is 14.8 Å². The zero-order valence-electron chi connectivity index (χ0n) is 11.0. The molecule has 1 aromatic carbocycles. The van der Waals surface area contributed by atoms with Crippen LogP contribution in [-0.4, -0.2) is 40.6 Å². The van der Waals surface area contributed by atoms with Crippen LogP contribution in [0.15, 0.2) is 29.2 Å². The fourth-order valence-electron chi connectivity index (χ4n) is 2.82. The summed E-state index contributed by atoms with van der Waals surface area (Å²) < 4.78 is 32.1. The molecule has 2 N–H and O–H groups in total. The number of hydrogen-bond donors (Lipinski definition) is 2. The van der Waals surface area contributed by atoms with E-state index in [-0.39, 0.29) is 16.5 Å². The monoisotopic (exact) mass is 296 g/mol. The third kappa shape index (κ3) is 2.21. The maximum atomic E-state index is 12.4. The summed E-state index contributed by atoms with van der Waals surface area (Å²) in [5.74, 6) is 0.0914. The van der Waals surface area contributed by atoms with Crippen molar-refractivity contribution in [2.45, 2.75) is 10.9 Å². The number of sulfonamides is 1. The Kier molecular flexibility index (Phi) is 3.27. The largest absolute Gasteiger partial charge is 0.465 e. The average Bonchev–Trinajstić information content (AvgIpc) is 2.89. The number of hydrogen-bond acceptors (Lipinski definition) is 5. The molecule has 0 aromatic heterocycles. The van der Waals surface area contributed by atoms with E-state index in [1.54, 1.807) is 12.1 Å². The predicted molar refractivity (Wildman–Crippen MR) is 71.7 cm³/mol. The van der Waals surface area contributed by atoms with Crippen LogP contribution < -0.4 is 10.0 Å². The van der Waals surface area contributed by atoms with Gasteiger partial charge in [-0.15, -0.1) is 0 Å². The lowest BCUT2D eigenvalue weighted by atomic mass is 10.2. The van der Waals surface area contributed by atoms with E-state index in [9.17, 15) is 13.2 Å². The van der Waals surface area contributed by atoms with Crippen molar-refractivity contribution in [3.63, 3.8) is 0 Å². The van der Waals surface area contributed by atoms with Gasteiger partial charge in [-0.1, -0.05) is 12.1 Å². The van der Waals surface area contributed by atoms with E-state index in [1.807, 2.05) is 0 Å². The zero-order chi connectivity index (χ0) is 14.3. The molecule has 2 unspecified atom stereocenters. The number of fused-ring (bicyclic) bond motifs is 1. The smallest absolute Gasteiger partial charge is 0.339 e. The van der Waals surface area contributed by atoms with E-state index in [0.717, 1.165) is 13.1 Å². The number of ether oxygens (including phenoxy) is 1. The Morgan fingerprint density at radius 2 is 1.95 bits per heavy atom. The minimum absolute atomic E-state index is 0.0213. The molecule has 2 aliphatic rings. The summed E-state index contributed by atoms with van der Waals surface area (Å²) in [6, 6.07) is 6.06. The Hall–Kier alpha value is -1.44. The van der Waals surface area contributed by atoms with Gasteiger partial charge in [0.15, 0.2) is 0 Å². The zero-order valence-corrected chi connectivity index (χ0v) is 11.8. The molecule has 1 aliphatic carbocycles. The molecule has 3 rings (SSSR count). The van der Waals surface area contributed by atoms with Crippen LogP contribution >= 0.6 is 0 Å². The third-order valence-corrected chi connectivity index (χ3v) is 5.48. The quantitative estimate of drug-likeness (QED) is 0.762. The van der Waals surface area contributed by atoms with Crippen LogP contribution in [0.5, 0.6) is 0 Å². The molecule has 7 heteroatoms. The van der Waals surface area contributed by atoms with Crippen molar-refractivity contribution >= 4 is 16.0 Å². The van der Waals surface area contributed by atoms with Crippen LogP contribution in [-0.2, 0) is 14.8 Å². The molecule has 1 heterocycles. The summed E-state index contributed by atoms with van der Waals surface area (Å²) in [4.78, 5) is 11.6. The van der Waals surface area contributed by atoms with Gasteiger partial charge in [0, 0.05) is 6.04 Å². The van der Waals surface area contributed by atoms with E-state index >= 15 is 0 Å². The number of carbonyl (C=O) groups excluding carboxylic acids is 1. The molecule has 2 fully saturated rings. The van der Waals surface area contributed by atoms with Gasteiger partial charge in [-0.2, -0.15) is 0 Å². The molecule has 1 saturated heterocycles. The third-order valence-electron chi connectivity index (χ3n) is 3.96. The molecule has 1 aromatic rings. The minimum atomic E-state index is -3.70. The first-order valence-electron chi connectivity index (χ1n) is 6.45. The molecular formula is C13H16N2O4S. The SMILES string of the molecule is COC(=O)c1ccccc1S(=O)(=O)NC1C2CNCC21. The predicted octanol–water partition coefficient (Wildman–Crippen LogP) is -0.0307. The molecule has 108 valence electrons. The van der Waals surface area contributed by atoms with Crippen molar-refractivity contribution in [3.8, 4) is 0 Å². The Morgan fingerprint density at radius 3 is 2.60 bits per heavy atom. The molecule has 0 bridgehead atoms. The molecule has 0 amide bonds. The average molecular weight is 296 g/mol. The molecule has 0 spiro atoms. The van der Waals surface area contributed by atoms with Gasteiger partial charge in [-0.05, 0) is 37.1 Å². The summed E-state index contributed by atoms with van der Waals surface area (Å²) in [7, 11) is -2.47. The van der Waals surface area contributed by atoms with Crippen LogP contribution in [0, 0.1) is 11.8 Å². The fourth-order valence-corrected chi connectivity index (χ4v) is 4.35. The van der Waals surface area contributed by atoms with Crippen molar-refractivity contribution in [1.82, 2.24) is 10.0 Å². The highest BCUT2D eigenvalue weighted by Gasteiger charge is 2.54. The standard InChI is InChI=1S/C13H16N2O4S/c1-19-13(16)8-4-2-3-5-11(8)20(17,18)15-12-9-6-14-7-10(9)12/h2-5,9-10,12,14-15H,6-7H2,1H3. The van der Waals surface area contributed by atoms with E-state index in [1.165, 1.54) is 19.2 Å². The van der Waals surface area contributed by atoms with Gasteiger partial charge >= 0.3 is 5.97 Å². The molecule has 20 heavy (non-hydrogen) atoms. The first kappa shape index (κ1) is 13.5. The lowest BCUT2D eigenvalue weighted by Crippen LogP contribution is -2.33. The summed E-state index contributed by atoms with van der Waals surface area (Å²) in [6.07, 6.45) is 0. The van der Waals surface area contributed by atoms with E-state index in [4.69, 9.17) is 0 Å². The lowest BCUT2D eigenvalue weighted by molar-refractivity contribution is 0.0596. The van der Waals surface area contributed by atoms with Crippen molar-refractivity contribution < 1.29 is 17.9 Å². The second kappa shape index (κ2) is 4.83. The van der Waals surface area contributed by atoms with Gasteiger partial charge in [-0.3, -0.25) is 0 Å². The summed E-state index contributed by atoms with van der Waals surface area (Å²) in [6.45, 7) is 1.69. The van der Waals surface area contributed by atoms with Gasteiger partial charge in [0.25, 0.3) is 0 Å². The first-order chi connectivity index (χ1) is 9.54. The van der Waals surface area contributed by atoms with Crippen LogP contribution in [0.25, 0.3) is 0 Å². The number of benzene rings is 1. The van der Waals surface area contributed by atoms with Crippen LogP contribution in [0.2, 0.25) is 0 Å². The topological polar surface area (TPSA) is 84.5 Å². The Bertz CT molecular complexity index is 634. The number of methoxy groups -OCH3 is 1. The minimum Gasteiger partial charge on any atom is -0.465 e. The molecule has 1 saturated carbocycles. The van der Waals surface area contributed by atoms with Crippen molar-refractivity contribution in [2.75, 3.05) is 20.2 Å². The van der Waals surface area contributed by atoms with Crippen LogP contribution in [0.1, 0.15) is 10.4 Å². The number of carbonyl (C=O) groups is 1. The second-order valence-corrected chi connectivity index (χ2v) is 6.80. The normalized spacial score (nSPS) is 27.9. The number of rotatable bonds is 4. The fraction of sp³-hybridized carbons (Fsp3) is 0.462. The Balaban J connectivity index is 1.86. The number of nitrogens with one attached hydrogen (secondary N) is 2. The Morgan fingerprint density at radius 1 is 1.30 bits per heavy atom. The lowest BCUT2D eigenvalue weighted by Gasteiger charge is -2.11. The molecule has 0 radical (unpaired) electrons. The van der Waals surface area contributed by atoms with E-state index < -0.39 is 16.0 Å². The van der Waals surface area contributed by atoms with E-state index in [0.29, 0.717) is 11.8 Å². The van der Waals surface area contributed by atoms with Crippen molar-refractivity contribution in [1.29, 1.82) is 0 Å². The molecule has 6 nitrogen and oxygen atoms in total. The van der Waals surface area contributed by atoms with Crippen molar-refractivity contribution in [2.24, 2.45) is 11.8 Å². The second-order valence-electron chi connectivity index (χ2n) is 5.12. The highest BCUT2D eigenvalue weighted by atomic mass is 32.2. The first-order valence-corrected chi connectivity index (χ1v) is 7.93.